The van der Waals surface area contributed by atoms with Crippen molar-refractivity contribution in [2.24, 2.45) is 0 Å². The summed E-state index contributed by atoms with van der Waals surface area (Å²) >= 11 is 0. The van der Waals surface area contributed by atoms with E-state index in [0.717, 1.165) is 0 Å². The van der Waals surface area contributed by atoms with Crippen molar-refractivity contribution in [3.8, 4) is 17.6 Å². The second kappa shape index (κ2) is 5.63. The molecule has 19 heavy (non-hydrogen) atoms. The predicted octanol–water partition coefficient (Wildman–Crippen LogP) is 3.23. The molecular weight excluding hydrogens is 265 g/mol. The molecule has 0 aliphatic carbocycles. The first-order valence-corrected chi connectivity index (χ1v) is 6.97. The maximum absolute atomic E-state index is 13.4. The van der Waals surface area contributed by atoms with Crippen molar-refractivity contribution in [3.63, 3.8) is 0 Å². The Labute approximate surface area is 112 Å². The van der Waals surface area contributed by atoms with Gasteiger partial charge in [-0.05, 0) is 36.4 Å². The Kier molecular flexibility index (Phi) is 3.93. The number of hydrogen-bond donors (Lipinski definition) is 0. The van der Waals surface area contributed by atoms with Gasteiger partial charge >= 0.3 is 0 Å². The second-order valence-corrected chi connectivity index (χ2v) is 5.13. The first kappa shape index (κ1) is 13.2. The molecule has 0 saturated carbocycles. The van der Waals surface area contributed by atoms with E-state index in [1.807, 2.05) is 0 Å². The Morgan fingerprint density at radius 3 is 2.47 bits per heavy atom. The van der Waals surface area contributed by atoms with Crippen LogP contribution in [0.5, 0.6) is 11.5 Å². The van der Waals surface area contributed by atoms with E-state index in [1.165, 1.54) is 18.2 Å². The van der Waals surface area contributed by atoms with Crippen molar-refractivity contribution in [2.75, 3.05) is 6.26 Å². The fraction of sp³-hybridized carbons (Fsp3) is 0.0714. The minimum absolute atomic E-state index is 0.134. The molecule has 2 rings (SSSR count). The van der Waals surface area contributed by atoms with Crippen LogP contribution < -0.4 is 4.74 Å². The lowest BCUT2D eigenvalue weighted by atomic mass is 10.2. The Morgan fingerprint density at radius 1 is 1.21 bits per heavy atom. The van der Waals surface area contributed by atoms with Crippen molar-refractivity contribution in [2.45, 2.75) is 4.90 Å². The van der Waals surface area contributed by atoms with E-state index >= 15 is 0 Å². The van der Waals surface area contributed by atoms with Crippen LogP contribution >= 0.6 is 0 Å². The predicted molar refractivity (Wildman–Crippen MR) is 70.0 cm³/mol. The molecule has 1 atom stereocenters. The summed E-state index contributed by atoms with van der Waals surface area (Å²) in [6.45, 7) is 0. The number of nitrogens with zero attached hydrogens (tertiary/aromatic N) is 1. The van der Waals surface area contributed by atoms with Crippen LogP contribution in [0.4, 0.5) is 4.39 Å². The molecule has 0 spiro atoms. The SMILES string of the molecule is CS(=O)c1ccc(Oc2cccc(F)c2C#N)cc1. The standard InChI is InChI=1S/C14H10FNO2S/c1-19(17)11-7-5-10(6-8-11)18-14-4-2-3-13(15)12(14)9-16/h2-8H,1H3. The van der Waals surface area contributed by atoms with Crippen LogP contribution in [0.25, 0.3) is 0 Å². The lowest BCUT2D eigenvalue weighted by Gasteiger charge is -2.08. The zero-order chi connectivity index (χ0) is 13.8. The number of nitriles is 1. The molecule has 0 amide bonds. The van der Waals surface area contributed by atoms with Crippen molar-refractivity contribution in [1.29, 1.82) is 5.26 Å². The fourth-order valence-corrected chi connectivity index (χ4v) is 2.04. The van der Waals surface area contributed by atoms with E-state index in [0.29, 0.717) is 10.6 Å². The topological polar surface area (TPSA) is 50.1 Å². The molecule has 2 aromatic rings. The molecule has 0 fully saturated rings. The van der Waals surface area contributed by atoms with Gasteiger partial charge in [-0.15, -0.1) is 0 Å². The van der Waals surface area contributed by atoms with Crippen LogP contribution in [0, 0.1) is 17.1 Å². The van der Waals surface area contributed by atoms with Gasteiger partial charge in [0.25, 0.3) is 0 Å². The maximum Gasteiger partial charge on any atom is 0.148 e. The zero-order valence-corrected chi connectivity index (χ0v) is 10.9. The maximum atomic E-state index is 13.4. The molecule has 0 aliphatic heterocycles. The second-order valence-electron chi connectivity index (χ2n) is 3.75. The van der Waals surface area contributed by atoms with Crippen LogP contribution in [0.2, 0.25) is 0 Å². The number of rotatable bonds is 3. The van der Waals surface area contributed by atoms with Crippen LogP contribution in [0.3, 0.4) is 0 Å². The van der Waals surface area contributed by atoms with Gasteiger partial charge in [0, 0.05) is 22.0 Å². The normalized spacial score (nSPS) is 11.6. The largest absolute Gasteiger partial charge is 0.456 e. The molecule has 0 heterocycles. The van der Waals surface area contributed by atoms with Crippen molar-refractivity contribution in [1.82, 2.24) is 0 Å². The molecule has 0 aromatic heterocycles. The number of benzene rings is 2. The van der Waals surface area contributed by atoms with Gasteiger partial charge in [-0.1, -0.05) is 6.07 Å². The summed E-state index contributed by atoms with van der Waals surface area (Å²) in [6.07, 6.45) is 1.58. The monoisotopic (exact) mass is 275 g/mol. The van der Waals surface area contributed by atoms with E-state index in [1.54, 1.807) is 36.6 Å². The average Bonchev–Trinajstić information content (AvgIpc) is 2.39. The highest BCUT2D eigenvalue weighted by Gasteiger charge is 2.09. The van der Waals surface area contributed by atoms with Crippen LogP contribution in [0.15, 0.2) is 47.4 Å². The molecule has 0 N–H and O–H groups in total. The minimum Gasteiger partial charge on any atom is -0.456 e. The molecule has 0 bridgehead atoms. The first-order chi connectivity index (χ1) is 9.11. The van der Waals surface area contributed by atoms with Gasteiger partial charge in [0.1, 0.15) is 28.9 Å². The summed E-state index contributed by atoms with van der Waals surface area (Å²) in [5.74, 6) is -0.00421. The third kappa shape index (κ3) is 2.98. The van der Waals surface area contributed by atoms with E-state index in [4.69, 9.17) is 10.00 Å². The number of halogens is 1. The van der Waals surface area contributed by atoms with Crippen molar-refractivity contribution < 1.29 is 13.3 Å². The van der Waals surface area contributed by atoms with Gasteiger partial charge in [0.15, 0.2) is 0 Å². The third-order valence-electron chi connectivity index (χ3n) is 2.47. The summed E-state index contributed by atoms with van der Waals surface area (Å²) in [6, 6.07) is 12.5. The van der Waals surface area contributed by atoms with Gasteiger partial charge in [-0.3, -0.25) is 4.21 Å². The van der Waals surface area contributed by atoms with Gasteiger partial charge < -0.3 is 4.74 Å². The summed E-state index contributed by atoms with van der Waals surface area (Å²) in [5.41, 5.74) is -0.134. The number of ether oxygens (including phenoxy) is 1. The molecule has 0 radical (unpaired) electrons. The van der Waals surface area contributed by atoms with E-state index in [2.05, 4.69) is 0 Å². The molecule has 3 nitrogen and oxygen atoms in total. The summed E-state index contributed by atoms with van der Waals surface area (Å²) in [7, 11) is -1.06. The Balaban J connectivity index is 2.29. The molecule has 0 aliphatic rings. The highest BCUT2D eigenvalue weighted by Crippen LogP contribution is 2.27. The van der Waals surface area contributed by atoms with Crippen LogP contribution in [-0.2, 0) is 10.8 Å². The Bertz CT molecular complexity index is 662. The summed E-state index contributed by atoms with van der Waals surface area (Å²) in [4.78, 5) is 0.673. The molecule has 96 valence electrons. The first-order valence-electron chi connectivity index (χ1n) is 5.42. The van der Waals surface area contributed by atoms with Crippen molar-refractivity contribution in [3.05, 3.63) is 53.8 Å². The third-order valence-corrected chi connectivity index (χ3v) is 3.41. The molecular formula is C14H10FNO2S. The minimum atomic E-state index is -1.06. The van der Waals surface area contributed by atoms with Crippen LogP contribution in [0.1, 0.15) is 5.56 Å². The lowest BCUT2D eigenvalue weighted by molar-refractivity contribution is 0.474. The highest BCUT2D eigenvalue weighted by atomic mass is 32.2. The van der Waals surface area contributed by atoms with Gasteiger partial charge in [-0.25, -0.2) is 4.39 Å². The van der Waals surface area contributed by atoms with Gasteiger partial charge in [0.2, 0.25) is 0 Å². The van der Waals surface area contributed by atoms with Crippen LogP contribution in [-0.4, -0.2) is 10.5 Å². The lowest BCUT2D eigenvalue weighted by Crippen LogP contribution is -1.92. The van der Waals surface area contributed by atoms with Gasteiger partial charge in [0.05, 0.1) is 0 Å². The van der Waals surface area contributed by atoms with E-state index < -0.39 is 16.6 Å². The molecule has 2 aromatic carbocycles. The molecule has 0 saturated heterocycles. The molecule has 5 heteroatoms. The summed E-state index contributed by atoms with van der Waals surface area (Å²) in [5, 5.41) is 8.88. The Hall–Kier alpha value is -2.19. The quantitative estimate of drug-likeness (QED) is 0.864. The number of hydrogen-bond acceptors (Lipinski definition) is 3. The van der Waals surface area contributed by atoms with E-state index in [9.17, 15) is 8.60 Å². The van der Waals surface area contributed by atoms with E-state index in [-0.39, 0.29) is 11.3 Å². The molecule has 1 unspecified atom stereocenters. The zero-order valence-electron chi connectivity index (χ0n) is 10.1. The highest BCUT2D eigenvalue weighted by molar-refractivity contribution is 7.84. The van der Waals surface area contributed by atoms with Crippen molar-refractivity contribution >= 4 is 10.8 Å². The Morgan fingerprint density at radius 2 is 1.89 bits per heavy atom. The van der Waals surface area contributed by atoms with Gasteiger partial charge in [-0.2, -0.15) is 5.26 Å². The fourth-order valence-electron chi connectivity index (χ4n) is 1.52. The summed E-state index contributed by atoms with van der Waals surface area (Å²) < 4.78 is 30.1. The average molecular weight is 275 g/mol. The smallest absolute Gasteiger partial charge is 0.148 e.